The number of nitrogens with zero attached hydrogens (tertiary/aromatic N) is 1. The average molecular weight is 182 g/mol. The highest BCUT2D eigenvalue weighted by molar-refractivity contribution is 5.90. The number of hydrogen-bond donors (Lipinski definition) is 1. The van der Waals surface area contributed by atoms with Gasteiger partial charge in [0.15, 0.2) is 5.76 Å². The first kappa shape index (κ1) is 9.77. The molecule has 0 aliphatic rings. The highest BCUT2D eigenvalue weighted by atomic mass is 16.5. The molecule has 0 aliphatic carbocycles. The number of amides is 1. The van der Waals surface area contributed by atoms with Gasteiger partial charge in [0, 0.05) is 6.42 Å². The first-order chi connectivity index (χ1) is 6.09. The summed E-state index contributed by atoms with van der Waals surface area (Å²) in [5.41, 5.74) is 0.658. The number of anilines is 1. The molecule has 4 nitrogen and oxygen atoms in total. The number of nitrogens with one attached hydrogen (secondary N) is 1. The Balaban J connectivity index is 2.50. The number of carbonyl (C=O) groups is 1. The first-order valence-electron chi connectivity index (χ1n) is 4.30. The second-order valence-corrected chi connectivity index (χ2v) is 3.44. The molecule has 1 N–H and O–H groups in total. The Bertz CT molecular complexity index is 292. The second-order valence-electron chi connectivity index (χ2n) is 3.44. The van der Waals surface area contributed by atoms with E-state index >= 15 is 0 Å². The lowest BCUT2D eigenvalue weighted by molar-refractivity contribution is -0.116. The molecule has 72 valence electrons. The maximum atomic E-state index is 11.3. The summed E-state index contributed by atoms with van der Waals surface area (Å²) in [7, 11) is 0. The zero-order chi connectivity index (χ0) is 9.84. The minimum absolute atomic E-state index is 0.00120. The molecule has 1 aromatic heterocycles. The SMILES string of the molecule is Cc1oncc1NC(=O)CC(C)C. The van der Waals surface area contributed by atoms with Crippen molar-refractivity contribution < 1.29 is 9.32 Å². The van der Waals surface area contributed by atoms with Crippen molar-refractivity contribution in [2.45, 2.75) is 27.2 Å². The third-order valence-electron chi connectivity index (χ3n) is 1.62. The van der Waals surface area contributed by atoms with Crippen LogP contribution >= 0.6 is 0 Å². The molecule has 0 fully saturated rings. The van der Waals surface area contributed by atoms with Crippen LogP contribution in [0.4, 0.5) is 5.69 Å². The van der Waals surface area contributed by atoms with Gasteiger partial charge in [-0.3, -0.25) is 4.79 Å². The van der Waals surface area contributed by atoms with Gasteiger partial charge in [-0.25, -0.2) is 0 Å². The average Bonchev–Trinajstić information content (AvgIpc) is 2.34. The van der Waals surface area contributed by atoms with E-state index in [4.69, 9.17) is 4.52 Å². The van der Waals surface area contributed by atoms with Gasteiger partial charge in [0.25, 0.3) is 0 Å². The number of rotatable bonds is 3. The summed E-state index contributed by atoms with van der Waals surface area (Å²) in [6, 6.07) is 0. The molecule has 0 aromatic carbocycles. The van der Waals surface area contributed by atoms with E-state index in [9.17, 15) is 4.79 Å². The number of aromatic nitrogens is 1. The fourth-order valence-corrected chi connectivity index (χ4v) is 0.991. The maximum absolute atomic E-state index is 11.3. The van der Waals surface area contributed by atoms with E-state index in [1.807, 2.05) is 13.8 Å². The fourth-order valence-electron chi connectivity index (χ4n) is 0.991. The number of carbonyl (C=O) groups excluding carboxylic acids is 1. The fraction of sp³-hybridized carbons (Fsp3) is 0.556. The van der Waals surface area contributed by atoms with Crippen LogP contribution in [0, 0.1) is 12.8 Å². The van der Waals surface area contributed by atoms with Crippen molar-refractivity contribution in [3.63, 3.8) is 0 Å². The van der Waals surface area contributed by atoms with Crippen LogP contribution in [-0.4, -0.2) is 11.1 Å². The maximum Gasteiger partial charge on any atom is 0.224 e. The third-order valence-corrected chi connectivity index (χ3v) is 1.62. The summed E-state index contributed by atoms with van der Waals surface area (Å²) in [5.74, 6) is 0.999. The van der Waals surface area contributed by atoms with Crippen LogP contribution in [0.15, 0.2) is 10.7 Å². The quantitative estimate of drug-likeness (QED) is 0.777. The van der Waals surface area contributed by atoms with Gasteiger partial charge in [0.1, 0.15) is 5.69 Å². The highest BCUT2D eigenvalue weighted by Crippen LogP contribution is 2.13. The molecule has 0 unspecified atom stereocenters. The molecule has 0 saturated heterocycles. The van der Waals surface area contributed by atoms with E-state index in [1.165, 1.54) is 6.20 Å². The predicted octanol–water partition coefficient (Wildman–Crippen LogP) is 1.97. The summed E-state index contributed by atoms with van der Waals surface area (Å²) in [6.07, 6.45) is 2.03. The standard InChI is InChI=1S/C9H14N2O2/c1-6(2)4-9(12)11-8-5-10-13-7(8)3/h5-6H,4H2,1-3H3,(H,11,12). The lowest BCUT2D eigenvalue weighted by Gasteiger charge is -2.04. The smallest absolute Gasteiger partial charge is 0.224 e. The molecule has 0 saturated carbocycles. The molecule has 13 heavy (non-hydrogen) atoms. The second kappa shape index (κ2) is 4.07. The summed E-state index contributed by atoms with van der Waals surface area (Å²) in [4.78, 5) is 11.3. The minimum Gasteiger partial charge on any atom is -0.359 e. The molecular weight excluding hydrogens is 168 g/mol. The molecule has 1 rings (SSSR count). The Morgan fingerprint density at radius 3 is 2.85 bits per heavy atom. The monoisotopic (exact) mass is 182 g/mol. The molecule has 0 aliphatic heterocycles. The topological polar surface area (TPSA) is 55.1 Å². The lowest BCUT2D eigenvalue weighted by Crippen LogP contribution is -2.13. The van der Waals surface area contributed by atoms with Crippen LogP contribution in [-0.2, 0) is 4.79 Å². The van der Waals surface area contributed by atoms with Crippen LogP contribution in [0.1, 0.15) is 26.0 Å². The number of aryl methyl sites for hydroxylation is 1. The molecule has 0 spiro atoms. The van der Waals surface area contributed by atoms with Crippen LogP contribution in [0.25, 0.3) is 0 Å². The third kappa shape index (κ3) is 2.89. The van der Waals surface area contributed by atoms with Gasteiger partial charge < -0.3 is 9.84 Å². The van der Waals surface area contributed by atoms with Crippen LogP contribution in [0.3, 0.4) is 0 Å². The van der Waals surface area contributed by atoms with E-state index in [1.54, 1.807) is 6.92 Å². The van der Waals surface area contributed by atoms with Crippen molar-refractivity contribution in [3.8, 4) is 0 Å². The van der Waals surface area contributed by atoms with E-state index in [-0.39, 0.29) is 5.91 Å². The molecule has 0 radical (unpaired) electrons. The molecular formula is C9H14N2O2. The van der Waals surface area contributed by atoms with Crippen LogP contribution in [0.2, 0.25) is 0 Å². The summed E-state index contributed by atoms with van der Waals surface area (Å²) < 4.78 is 4.81. The molecule has 1 heterocycles. The van der Waals surface area contributed by atoms with Crippen molar-refractivity contribution in [2.75, 3.05) is 5.32 Å². The lowest BCUT2D eigenvalue weighted by atomic mass is 10.1. The van der Waals surface area contributed by atoms with Crippen molar-refractivity contribution in [2.24, 2.45) is 5.92 Å². The van der Waals surface area contributed by atoms with Crippen LogP contribution < -0.4 is 5.32 Å². The van der Waals surface area contributed by atoms with E-state index in [0.29, 0.717) is 23.8 Å². The first-order valence-corrected chi connectivity index (χ1v) is 4.30. The minimum atomic E-state index is 0.00120. The molecule has 4 heteroatoms. The van der Waals surface area contributed by atoms with E-state index < -0.39 is 0 Å². The Hall–Kier alpha value is -1.32. The Morgan fingerprint density at radius 2 is 2.38 bits per heavy atom. The van der Waals surface area contributed by atoms with Gasteiger partial charge in [0.05, 0.1) is 6.20 Å². The predicted molar refractivity (Wildman–Crippen MR) is 49.3 cm³/mol. The zero-order valence-electron chi connectivity index (χ0n) is 8.13. The Labute approximate surface area is 77.3 Å². The highest BCUT2D eigenvalue weighted by Gasteiger charge is 2.08. The van der Waals surface area contributed by atoms with Gasteiger partial charge in [-0.05, 0) is 12.8 Å². The molecule has 1 aromatic rings. The van der Waals surface area contributed by atoms with Crippen LogP contribution in [0.5, 0.6) is 0 Å². The summed E-state index contributed by atoms with van der Waals surface area (Å²) in [5, 5.41) is 6.29. The van der Waals surface area contributed by atoms with E-state index in [2.05, 4.69) is 10.5 Å². The molecule has 0 bridgehead atoms. The summed E-state index contributed by atoms with van der Waals surface area (Å²) >= 11 is 0. The zero-order valence-corrected chi connectivity index (χ0v) is 8.13. The van der Waals surface area contributed by atoms with E-state index in [0.717, 1.165) is 0 Å². The largest absolute Gasteiger partial charge is 0.359 e. The van der Waals surface area contributed by atoms with Gasteiger partial charge in [-0.2, -0.15) is 0 Å². The Kier molecular flexibility index (Phi) is 3.06. The number of hydrogen-bond acceptors (Lipinski definition) is 3. The molecule has 1 amide bonds. The van der Waals surface area contributed by atoms with Crippen molar-refractivity contribution in [1.29, 1.82) is 0 Å². The normalized spacial score (nSPS) is 10.5. The van der Waals surface area contributed by atoms with Crippen molar-refractivity contribution in [1.82, 2.24) is 5.16 Å². The Morgan fingerprint density at radius 1 is 1.69 bits per heavy atom. The van der Waals surface area contributed by atoms with Gasteiger partial charge in [0.2, 0.25) is 5.91 Å². The summed E-state index contributed by atoms with van der Waals surface area (Å²) in [6.45, 7) is 5.76. The van der Waals surface area contributed by atoms with Gasteiger partial charge in [-0.1, -0.05) is 19.0 Å². The van der Waals surface area contributed by atoms with Crippen molar-refractivity contribution >= 4 is 11.6 Å². The van der Waals surface area contributed by atoms with Crippen molar-refractivity contribution in [3.05, 3.63) is 12.0 Å². The van der Waals surface area contributed by atoms with Gasteiger partial charge in [-0.15, -0.1) is 0 Å². The van der Waals surface area contributed by atoms with Gasteiger partial charge >= 0.3 is 0 Å². The molecule has 0 atom stereocenters.